The van der Waals surface area contributed by atoms with Gasteiger partial charge in [-0.15, -0.1) is 0 Å². The first-order chi connectivity index (χ1) is 13.8. The molecule has 0 bridgehead atoms. The molecule has 0 fully saturated rings. The van der Waals surface area contributed by atoms with E-state index in [1.54, 1.807) is 36.4 Å². The first-order valence-electron chi connectivity index (χ1n) is 8.98. The molecule has 2 aromatic rings. The largest absolute Gasteiger partial charge is 0.493 e. The molecule has 6 nitrogen and oxygen atoms in total. The minimum absolute atomic E-state index is 0.0824. The molecular weight excluding hydrogens is 478 g/mol. The third-order valence-corrected chi connectivity index (χ3v) is 4.85. The summed E-state index contributed by atoms with van der Waals surface area (Å²) in [5, 5.41) is 8.76. The molecular formula is C20H21BrClN3O3S. The lowest BCUT2D eigenvalue weighted by molar-refractivity contribution is -0.116. The maximum atomic E-state index is 12.4. The van der Waals surface area contributed by atoms with E-state index in [0.717, 1.165) is 6.42 Å². The number of benzene rings is 2. The van der Waals surface area contributed by atoms with Gasteiger partial charge in [-0.1, -0.05) is 18.5 Å². The van der Waals surface area contributed by atoms with Crippen LogP contribution in [0, 0.1) is 0 Å². The maximum Gasteiger partial charge on any atom is 0.257 e. The van der Waals surface area contributed by atoms with Crippen molar-refractivity contribution in [2.24, 2.45) is 0 Å². The Morgan fingerprint density at radius 2 is 1.90 bits per heavy atom. The molecule has 0 spiro atoms. The van der Waals surface area contributed by atoms with Crippen molar-refractivity contribution in [2.45, 2.75) is 26.7 Å². The van der Waals surface area contributed by atoms with Crippen molar-refractivity contribution in [3.05, 3.63) is 51.5 Å². The minimum Gasteiger partial charge on any atom is -0.493 e. The zero-order valence-corrected chi connectivity index (χ0v) is 19.1. The van der Waals surface area contributed by atoms with Crippen molar-refractivity contribution in [3.63, 3.8) is 0 Å². The highest BCUT2D eigenvalue weighted by Gasteiger charge is 2.12. The molecule has 2 aromatic carbocycles. The second kappa shape index (κ2) is 11.1. The monoisotopic (exact) mass is 497 g/mol. The fraction of sp³-hybridized carbons (Fsp3) is 0.250. The fourth-order valence-corrected chi connectivity index (χ4v) is 3.25. The Labute approximate surface area is 188 Å². The molecule has 0 radical (unpaired) electrons. The molecule has 9 heteroatoms. The second-order valence-electron chi connectivity index (χ2n) is 5.98. The molecule has 2 amide bonds. The average Bonchev–Trinajstić information content (AvgIpc) is 2.66. The van der Waals surface area contributed by atoms with Crippen LogP contribution < -0.4 is 20.7 Å². The third kappa shape index (κ3) is 6.99. The van der Waals surface area contributed by atoms with Gasteiger partial charge in [0.1, 0.15) is 5.75 Å². The summed E-state index contributed by atoms with van der Waals surface area (Å²) in [6.45, 7) is 4.34. The van der Waals surface area contributed by atoms with Crippen LogP contribution >= 0.6 is 39.7 Å². The van der Waals surface area contributed by atoms with Gasteiger partial charge < -0.3 is 15.4 Å². The average molecular weight is 499 g/mol. The van der Waals surface area contributed by atoms with Crippen LogP contribution in [0.5, 0.6) is 5.75 Å². The molecule has 2 rings (SSSR count). The molecule has 0 atom stereocenters. The molecule has 0 unspecified atom stereocenters. The molecule has 29 heavy (non-hydrogen) atoms. The number of thiocarbonyl (C=S) groups is 1. The van der Waals surface area contributed by atoms with Crippen LogP contribution in [0.2, 0.25) is 5.02 Å². The number of nitrogens with one attached hydrogen (secondary N) is 3. The third-order valence-electron chi connectivity index (χ3n) is 3.70. The molecule has 154 valence electrons. The normalized spacial score (nSPS) is 10.2. The smallest absolute Gasteiger partial charge is 0.257 e. The Hall–Kier alpha value is -2.16. The maximum absolute atomic E-state index is 12.4. The Morgan fingerprint density at radius 3 is 2.55 bits per heavy atom. The zero-order chi connectivity index (χ0) is 21.4. The quantitative estimate of drug-likeness (QED) is 0.448. The lowest BCUT2D eigenvalue weighted by Gasteiger charge is -2.13. The van der Waals surface area contributed by atoms with Crippen molar-refractivity contribution in [1.82, 2.24) is 5.32 Å². The summed E-state index contributed by atoms with van der Waals surface area (Å²) in [5.74, 6) is 0.186. The van der Waals surface area contributed by atoms with Crippen molar-refractivity contribution in [1.29, 1.82) is 0 Å². The number of carbonyl (C=O) groups is 2. The van der Waals surface area contributed by atoms with E-state index in [1.165, 1.54) is 0 Å². The highest BCUT2D eigenvalue weighted by Crippen LogP contribution is 2.27. The number of amides is 2. The van der Waals surface area contributed by atoms with E-state index < -0.39 is 0 Å². The van der Waals surface area contributed by atoms with Gasteiger partial charge in [-0.25, -0.2) is 0 Å². The number of hydrogen-bond acceptors (Lipinski definition) is 4. The summed E-state index contributed by atoms with van der Waals surface area (Å²) >= 11 is 14.8. The van der Waals surface area contributed by atoms with E-state index in [-0.39, 0.29) is 16.9 Å². The molecule has 0 aromatic heterocycles. The SMILES string of the molecule is CCCC(=O)Nc1ccc(Cl)c(NC(=S)NC(=O)c2ccc(OCC)c(Br)c2)c1. The van der Waals surface area contributed by atoms with Gasteiger partial charge in [-0.3, -0.25) is 14.9 Å². The first-order valence-corrected chi connectivity index (χ1v) is 10.6. The van der Waals surface area contributed by atoms with E-state index in [4.69, 9.17) is 28.6 Å². The molecule has 0 aliphatic carbocycles. The van der Waals surface area contributed by atoms with Crippen LogP contribution in [-0.2, 0) is 4.79 Å². The zero-order valence-electron chi connectivity index (χ0n) is 16.0. The van der Waals surface area contributed by atoms with Crippen LogP contribution in [0.1, 0.15) is 37.0 Å². The summed E-state index contributed by atoms with van der Waals surface area (Å²) in [6.07, 6.45) is 1.18. The Balaban J connectivity index is 2.04. The first kappa shape index (κ1) is 23.1. The van der Waals surface area contributed by atoms with E-state index in [9.17, 15) is 9.59 Å². The van der Waals surface area contributed by atoms with Crippen molar-refractivity contribution in [3.8, 4) is 5.75 Å². The summed E-state index contributed by atoms with van der Waals surface area (Å²) < 4.78 is 6.11. The van der Waals surface area contributed by atoms with Gasteiger partial charge in [-0.2, -0.15) is 0 Å². The Kier molecular flexibility index (Phi) is 8.88. The van der Waals surface area contributed by atoms with Gasteiger partial charge in [0.2, 0.25) is 5.91 Å². The highest BCUT2D eigenvalue weighted by molar-refractivity contribution is 9.10. The Bertz CT molecular complexity index is 924. The van der Waals surface area contributed by atoms with Crippen molar-refractivity contribution < 1.29 is 14.3 Å². The lowest BCUT2D eigenvalue weighted by atomic mass is 10.2. The number of anilines is 2. The second-order valence-corrected chi connectivity index (χ2v) is 7.65. The van der Waals surface area contributed by atoms with Crippen molar-refractivity contribution in [2.75, 3.05) is 17.2 Å². The lowest BCUT2D eigenvalue weighted by Crippen LogP contribution is -2.34. The van der Waals surface area contributed by atoms with Crippen LogP contribution in [0.15, 0.2) is 40.9 Å². The van der Waals surface area contributed by atoms with Gasteiger partial charge in [0.25, 0.3) is 5.91 Å². The predicted octanol–water partition coefficient (Wildman–Crippen LogP) is 5.37. The summed E-state index contributed by atoms with van der Waals surface area (Å²) in [7, 11) is 0. The van der Waals surface area contributed by atoms with Gasteiger partial charge >= 0.3 is 0 Å². The van der Waals surface area contributed by atoms with Gasteiger partial charge in [-0.05, 0) is 77.9 Å². The summed E-state index contributed by atoms with van der Waals surface area (Å²) in [4.78, 5) is 24.2. The number of hydrogen-bond donors (Lipinski definition) is 3. The molecule has 0 saturated heterocycles. The Morgan fingerprint density at radius 1 is 1.14 bits per heavy atom. The van der Waals surface area contributed by atoms with Crippen LogP contribution in [0.4, 0.5) is 11.4 Å². The predicted molar refractivity (Wildman–Crippen MR) is 124 cm³/mol. The standard InChI is InChI=1S/C20H21BrClN3O3S/c1-3-5-18(26)23-13-7-8-15(22)16(11-13)24-20(29)25-19(27)12-6-9-17(28-4-2)14(21)10-12/h6-11H,3-5H2,1-2H3,(H,23,26)(H2,24,25,27,29). The topological polar surface area (TPSA) is 79.5 Å². The fourth-order valence-electron chi connectivity index (χ4n) is 2.39. The van der Waals surface area contributed by atoms with Gasteiger partial charge in [0.05, 0.1) is 21.8 Å². The molecule has 0 aliphatic heterocycles. The highest BCUT2D eigenvalue weighted by atomic mass is 79.9. The van der Waals surface area contributed by atoms with Crippen LogP contribution in [-0.4, -0.2) is 23.5 Å². The number of rotatable bonds is 7. The minimum atomic E-state index is -0.380. The molecule has 0 heterocycles. The van der Waals surface area contributed by atoms with Crippen molar-refractivity contribution >= 4 is 68.1 Å². The molecule has 0 saturated carbocycles. The van der Waals surface area contributed by atoms with E-state index in [0.29, 0.717) is 45.2 Å². The van der Waals surface area contributed by atoms with E-state index >= 15 is 0 Å². The molecule has 3 N–H and O–H groups in total. The summed E-state index contributed by atoms with van der Waals surface area (Å²) in [6, 6.07) is 9.99. The molecule has 0 aliphatic rings. The van der Waals surface area contributed by atoms with E-state index in [1.807, 2.05) is 13.8 Å². The summed E-state index contributed by atoms with van der Waals surface area (Å²) in [5.41, 5.74) is 1.47. The van der Waals surface area contributed by atoms with Crippen LogP contribution in [0.25, 0.3) is 0 Å². The number of carbonyl (C=O) groups excluding carboxylic acids is 2. The van der Waals surface area contributed by atoms with E-state index in [2.05, 4.69) is 31.9 Å². The number of halogens is 2. The number of ether oxygens (including phenoxy) is 1. The van der Waals surface area contributed by atoms with Crippen LogP contribution in [0.3, 0.4) is 0 Å². The van der Waals surface area contributed by atoms with Gasteiger partial charge in [0, 0.05) is 17.7 Å². The van der Waals surface area contributed by atoms with Gasteiger partial charge in [0.15, 0.2) is 5.11 Å².